The highest BCUT2D eigenvalue weighted by Gasteiger charge is 2.28. The van der Waals surface area contributed by atoms with E-state index in [0.717, 1.165) is 11.1 Å². The summed E-state index contributed by atoms with van der Waals surface area (Å²) in [5, 5.41) is 12.9. The number of nitrogens with two attached hydrogens (primary N) is 1. The zero-order valence-electron chi connectivity index (χ0n) is 13.7. The largest absolute Gasteiger partial charge is 0.369 e. The van der Waals surface area contributed by atoms with Crippen molar-refractivity contribution in [3.8, 4) is 0 Å². The zero-order chi connectivity index (χ0) is 19.2. The Morgan fingerprint density at radius 2 is 2.22 bits per heavy atom. The quantitative estimate of drug-likeness (QED) is 0.289. The fourth-order valence-electron chi connectivity index (χ4n) is 3.02. The van der Waals surface area contributed by atoms with E-state index in [4.69, 9.17) is 22.7 Å². The Hall–Kier alpha value is -2.63. The number of fused-ring (bicyclic) bond motifs is 2. The number of nitrogens with one attached hydrogen (secondary N) is 3. The van der Waals surface area contributed by atoms with Crippen molar-refractivity contribution in [2.45, 2.75) is 17.9 Å². The maximum Gasteiger partial charge on any atom is 0.281 e. The number of hydrogen-bond donors (Lipinski definition) is 4. The van der Waals surface area contributed by atoms with E-state index in [9.17, 15) is 8.42 Å². The van der Waals surface area contributed by atoms with E-state index in [2.05, 4.69) is 20.2 Å². The Bertz CT molecular complexity index is 1200. The molecule has 12 heteroatoms. The van der Waals surface area contributed by atoms with Crippen LogP contribution < -0.4 is 15.9 Å². The molecule has 0 saturated heterocycles. The molecule has 0 radical (unpaired) electrons. The number of hydrogen-bond acceptors (Lipinski definition) is 6. The monoisotopic (exact) mass is 423 g/mol. The van der Waals surface area contributed by atoms with Crippen LogP contribution in [0.15, 0.2) is 39.9 Å². The van der Waals surface area contributed by atoms with Crippen LogP contribution in [0.5, 0.6) is 0 Å². The highest BCUT2D eigenvalue weighted by Crippen LogP contribution is 2.32. The Balaban J connectivity index is 1.72. The summed E-state index contributed by atoms with van der Waals surface area (Å²) in [6.45, 7) is 0. The van der Waals surface area contributed by atoms with Crippen molar-refractivity contribution >= 4 is 55.3 Å². The average Bonchev–Trinajstić information content (AvgIpc) is 3.26. The molecule has 27 heavy (non-hydrogen) atoms. The summed E-state index contributed by atoms with van der Waals surface area (Å²) in [6.07, 6.45) is 2.83. The van der Waals surface area contributed by atoms with Gasteiger partial charge in [-0.3, -0.25) is 14.5 Å². The second kappa shape index (κ2) is 6.51. The summed E-state index contributed by atoms with van der Waals surface area (Å²) < 4.78 is 30.0. The Morgan fingerprint density at radius 3 is 3.00 bits per heavy atom. The number of nitrogens with zero attached hydrogens (tertiary/aromatic N) is 3. The van der Waals surface area contributed by atoms with Gasteiger partial charge in [0.25, 0.3) is 10.0 Å². The van der Waals surface area contributed by atoms with Gasteiger partial charge in [-0.25, -0.2) is 10.4 Å². The zero-order valence-corrected chi connectivity index (χ0v) is 16.1. The number of imidazole rings is 1. The minimum atomic E-state index is -3.95. The second-order valence-electron chi connectivity index (χ2n) is 5.78. The molecule has 2 aromatic heterocycles. The molecule has 1 aliphatic carbocycles. The maximum atomic E-state index is 13.0. The number of guanidine groups is 1. The normalized spacial score (nSPS) is 15.2. The number of hydrazone groups is 1. The predicted molar refractivity (Wildman–Crippen MR) is 105 cm³/mol. The Labute approximate surface area is 163 Å². The molecule has 0 unspecified atom stereocenters. The smallest absolute Gasteiger partial charge is 0.281 e. The van der Waals surface area contributed by atoms with Crippen LogP contribution in [0.3, 0.4) is 0 Å². The van der Waals surface area contributed by atoms with Crippen LogP contribution in [0, 0.1) is 5.41 Å². The number of rotatable bonds is 4. The molecule has 1 aliphatic rings. The standard InChI is InChI=1S/C15H14ClN7O2S2/c16-12-13(23-6-7-26-15(23)19-12)27(24,25)22-11-3-1-2-8-9(11)4-5-10(8)20-21-14(17)18/h1-3,6-7,22H,4-5H2,(H4,17,18,21). The summed E-state index contributed by atoms with van der Waals surface area (Å²) in [7, 11) is -3.95. The third-order valence-corrected chi connectivity index (χ3v) is 6.61. The molecular formula is C15H14ClN7O2S2. The van der Waals surface area contributed by atoms with Gasteiger partial charge in [0, 0.05) is 17.1 Å². The van der Waals surface area contributed by atoms with Gasteiger partial charge in [0.15, 0.2) is 15.1 Å². The minimum absolute atomic E-state index is 0.0742. The van der Waals surface area contributed by atoms with Crippen LogP contribution in [-0.4, -0.2) is 29.5 Å². The summed E-state index contributed by atoms with van der Waals surface area (Å²) in [4.78, 5) is 4.58. The molecule has 0 amide bonds. The van der Waals surface area contributed by atoms with Gasteiger partial charge in [-0.1, -0.05) is 23.7 Å². The van der Waals surface area contributed by atoms with E-state index >= 15 is 0 Å². The fraction of sp³-hybridized carbons (Fsp3) is 0.133. The van der Waals surface area contributed by atoms with Crippen LogP contribution in [0.2, 0.25) is 5.15 Å². The number of thiazole rings is 1. The summed E-state index contributed by atoms with van der Waals surface area (Å²) in [5.74, 6) is -0.261. The van der Waals surface area contributed by atoms with Gasteiger partial charge >= 0.3 is 0 Å². The number of benzene rings is 1. The van der Waals surface area contributed by atoms with Gasteiger partial charge in [0.1, 0.15) is 0 Å². The lowest BCUT2D eigenvalue weighted by Gasteiger charge is -2.11. The minimum Gasteiger partial charge on any atom is -0.369 e. The molecule has 3 aromatic rings. The maximum absolute atomic E-state index is 13.0. The molecule has 2 heterocycles. The summed E-state index contributed by atoms with van der Waals surface area (Å²) in [5.41, 5.74) is 10.5. The topological polar surface area (TPSA) is 138 Å². The average molecular weight is 424 g/mol. The first kappa shape index (κ1) is 17.8. The number of anilines is 1. The van der Waals surface area contributed by atoms with Crippen molar-refractivity contribution in [1.82, 2.24) is 14.8 Å². The fourth-order valence-corrected chi connectivity index (χ4v) is 5.56. The third kappa shape index (κ3) is 3.13. The lowest BCUT2D eigenvalue weighted by atomic mass is 10.1. The van der Waals surface area contributed by atoms with Gasteiger partial charge in [0.05, 0.1) is 11.4 Å². The first-order valence-corrected chi connectivity index (χ1v) is 10.5. The molecule has 9 nitrogen and oxygen atoms in total. The van der Waals surface area contributed by atoms with Crippen LogP contribution in [0.1, 0.15) is 17.5 Å². The van der Waals surface area contributed by atoms with Crippen LogP contribution in [0.4, 0.5) is 5.69 Å². The highest BCUT2D eigenvalue weighted by molar-refractivity contribution is 7.92. The first-order valence-electron chi connectivity index (χ1n) is 7.79. The highest BCUT2D eigenvalue weighted by atomic mass is 35.5. The van der Waals surface area contributed by atoms with Crippen molar-refractivity contribution < 1.29 is 8.42 Å². The Kier molecular flexibility index (Phi) is 4.29. The summed E-state index contributed by atoms with van der Waals surface area (Å²) in [6, 6.07) is 5.28. The molecule has 0 saturated carbocycles. The molecule has 0 spiro atoms. The lowest BCUT2D eigenvalue weighted by Crippen LogP contribution is -2.26. The van der Waals surface area contributed by atoms with Gasteiger partial charge in [-0.2, -0.15) is 13.5 Å². The van der Waals surface area contributed by atoms with Crippen LogP contribution in [0.25, 0.3) is 4.96 Å². The van der Waals surface area contributed by atoms with Crippen LogP contribution >= 0.6 is 22.9 Å². The molecule has 140 valence electrons. The van der Waals surface area contributed by atoms with Crippen molar-refractivity contribution in [3.63, 3.8) is 0 Å². The molecule has 4 rings (SSSR count). The lowest BCUT2D eigenvalue weighted by molar-refractivity contribution is 0.596. The van der Waals surface area contributed by atoms with E-state index in [0.29, 0.717) is 29.2 Å². The SMILES string of the molecule is N=C(N)NN=C1CCc2c(NS(=O)(=O)c3c(Cl)nc4sccn34)cccc21. The molecule has 1 aromatic carbocycles. The van der Waals surface area contributed by atoms with Gasteiger partial charge in [0.2, 0.25) is 5.96 Å². The third-order valence-electron chi connectivity index (χ3n) is 4.09. The Morgan fingerprint density at radius 1 is 1.41 bits per heavy atom. The molecule has 0 bridgehead atoms. The van der Waals surface area contributed by atoms with E-state index in [-0.39, 0.29) is 16.1 Å². The molecule has 0 aliphatic heterocycles. The summed E-state index contributed by atoms with van der Waals surface area (Å²) >= 11 is 7.37. The molecule has 0 atom stereocenters. The van der Waals surface area contributed by atoms with Crippen molar-refractivity contribution in [2.24, 2.45) is 10.8 Å². The van der Waals surface area contributed by atoms with Gasteiger partial charge < -0.3 is 5.73 Å². The number of sulfonamides is 1. The first-order chi connectivity index (χ1) is 12.9. The number of aromatic nitrogens is 2. The van der Waals surface area contributed by atoms with E-state index in [1.165, 1.54) is 15.7 Å². The van der Waals surface area contributed by atoms with Crippen molar-refractivity contribution in [2.75, 3.05) is 4.72 Å². The van der Waals surface area contributed by atoms with Crippen molar-refractivity contribution in [1.29, 1.82) is 5.41 Å². The van der Waals surface area contributed by atoms with Crippen molar-refractivity contribution in [3.05, 3.63) is 46.1 Å². The molecule has 0 fully saturated rings. The predicted octanol–water partition coefficient (Wildman–Crippen LogP) is 1.98. The van der Waals surface area contributed by atoms with E-state index in [1.54, 1.807) is 23.7 Å². The number of halogens is 1. The second-order valence-corrected chi connectivity index (χ2v) is 8.61. The van der Waals surface area contributed by atoms with Gasteiger partial charge in [-0.05, 0) is 24.5 Å². The van der Waals surface area contributed by atoms with Crippen LogP contribution in [-0.2, 0) is 16.4 Å². The van der Waals surface area contributed by atoms with E-state index < -0.39 is 10.0 Å². The van der Waals surface area contributed by atoms with Gasteiger partial charge in [-0.15, -0.1) is 11.3 Å². The van der Waals surface area contributed by atoms with E-state index in [1.807, 2.05) is 6.07 Å². The molecule has 5 N–H and O–H groups in total. The molecular weight excluding hydrogens is 410 g/mol.